The molecule has 0 spiro atoms. The number of unbranched alkanes of at least 4 members (excludes halogenated alkanes) is 3. The first-order valence-electron chi connectivity index (χ1n) is 8.00. The third kappa shape index (κ3) is 6.47. The quantitative estimate of drug-likeness (QED) is 0.407. The van der Waals surface area contributed by atoms with Crippen LogP contribution in [0.1, 0.15) is 48.9 Å². The molecule has 1 radical (unpaired) electrons. The monoisotopic (exact) mass is 392 g/mol. The lowest BCUT2D eigenvalue weighted by atomic mass is 10.0. The number of hydrogen-bond donors (Lipinski definition) is 0. The number of thioether (sulfide) groups is 1. The van der Waals surface area contributed by atoms with E-state index in [0.29, 0.717) is 33.1 Å². The highest BCUT2D eigenvalue weighted by Gasteiger charge is 2.16. The minimum Gasteiger partial charge on any atom is -0.294 e. The van der Waals surface area contributed by atoms with Gasteiger partial charge in [0, 0.05) is 35.5 Å². The zero-order valence-electron chi connectivity index (χ0n) is 13.0. The van der Waals surface area contributed by atoms with E-state index in [0.717, 1.165) is 25.8 Å². The van der Waals surface area contributed by atoms with Gasteiger partial charge in [-0.3, -0.25) is 4.79 Å². The Kier molecular flexibility index (Phi) is 8.56. The van der Waals surface area contributed by atoms with Crippen LogP contribution in [0.15, 0.2) is 12.1 Å². The fourth-order valence-electron chi connectivity index (χ4n) is 2.70. The first kappa shape index (κ1) is 19.4. The lowest BCUT2D eigenvalue weighted by Gasteiger charge is -2.20. The molecule has 1 aliphatic heterocycles. The number of hydrogen-bond acceptors (Lipinski definition) is 2. The molecule has 1 unspecified atom stereocenters. The molecule has 1 atom stereocenters. The third-order valence-corrected chi connectivity index (χ3v) is 5.82. The van der Waals surface area contributed by atoms with E-state index in [-0.39, 0.29) is 5.78 Å². The van der Waals surface area contributed by atoms with Crippen molar-refractivity contribution in [2.45, 2.75) is 44.6 Å². The first-order chi connectivity index (χ1) is 11.1. The molecule has 6 heteroatoms. The Bertz CT molecular complexity index is 510. The molecule has 1 saturated heterocycles. The van der Waals surface area contributed by atoms with Gasteiger partial charge in [-0.15, -0.1) is 0 Å². The summed E-state index contributed by atoms with van der Waals surface area (Å²) in [6.45, 7) is 1.01. The van der Waals surface area contributed by atoms with Crippen molar-refractivity contribution < 1.29 is 4.79 Å². The summed E-state index contributed by atoms with van der Waals surface area (Å²) in [6, 6.07) is 3.67. The molecular weight excluding hydrogens is 373 g/mol. The van der Waals surface area contributed by atoms with E-state index >= 15 is 0 Å². The minimum atomic E-state index is -0.00431. The topological polar surface area (TPSA) is 31.2 Å². The minimum absolute atomic E-state index is 0.00431. The highest BCUT2D eigenvalue weighted by Crippen LogP contribution is 2.30. The summed E-state index contributed by atoms with van der Waals surface area (Å²) in [4.78, 5) is 12.2. The molecule has 0 aromatic heterocycles. The summed E-state index contributed by atoms with van der Waals surface area (Å²) in [5, 5.41) is 5.75. The molecule has 0 N–H and O–H groups in total. The first-order valence-corrected chi connectivity index (χ1v) is 10.3. The summed E-state index contributed by atoms with van der Waals surface area (Å²) < 4.78 is 0. The van der Waals surface area contributed by atoms with E-state index in [1.54, 1.807) is 12.1 Å². The van der Waals surface area contributed by atoms with Gasteiger partial charge in [-0.1, -0.05) is 54.1 Å². The summed E-state index contributed by atoms with van der Waals surface area (Å²) in [7, 11) is 0. The van der Waals surface area contributed by atoms with Crippen molar-refractivity contribution in [3.63, 3.8) is 0 Å². The smallest absolute Gasteiger partial charge is 0.165 e. The summed E-state index contributed by atoms with van der Waals surface area (Å²) in [5.41, 5.74) is 0.399. The number of halogens is 3. The lowest BCUT2D eigenvalue weighted by Crippen LogP contribution is -2.31. The highest BCUT2D eigenvalue weighted by molar-refractivity contribution is 7.99. The highest BCUT2D eigenvalue weighted by atomic mass is 35.5. The average molecular weight is 394 g/mol. The van der Waals surface area contributed by atoms with Crippen LogP contribution in [0.3, 0.4) is 0 Å². The van der Waals surface area contributed by atoms with Crippen LogP contribution in [0.25, 0.3) is 0 Å². The number of carbonyl (C=O) groups is 1. The molecule has 1 fully saturated rings. The molecule has 0 bridgehead atoms. The summed E-state index contributed by atoms with van der Waals surface area (Å²) in [5.74, 6) is 2.34. The molecule has 0 saturated carbocycles. The van der Waals surface area contributed by atoms with Crippen LogP contribution in [-0.4, -0.2) is 29.9 Å². The maximum absolute atomic E-state index is 12.2. The maximum Gasteiger partial charge on any atom is 0.165 e. The van der Waals surface area contributed by atoms with Crippen molar-refractivity contribution >= 4 is 52.3 Å². The van der Waals surface area contributed by atoms with Crippen molar-refractivity contribution in [2.75, 3.05) is 18.1 Å². The average Bonchev–Trinajstić information content (AvgIpc) is 2.50. The standard InChI is InChI=1S/C17H21Cl3NOS/c18-12-9-14(19)17(15(20)10-12)16(22)6-4-2-1-3-5-13-11-23-8-7-21-13/h9-10,13H,1-8,11H2. The fraction of sp³-hybridized carbons (Fsp3) is 0.588. The van der Waals surface area contributed by atoms with Gasteiger partial charge in [0.05, 0.1) is 15.6 Å². The van der Waals surface area contributed by atoms with Crippen LogP contribution in [0.4, 0.5) is 0 Å². The van der Waals surface area contributed by atoms with Gasteiger partial charge in [-0.05, 0) is 25.0 Å². The van der Waals surface area contributed by atoms with Gasteiger partial charge >= 0.3 is 0 Å². The third-order valence-electron chi connectivity index (χ3n) is 3.91. The second-order valence-electron chi connectivity index (χ2n) is 5.76. The van der Waals surface area contributed by atoms with Gasteiger partial charge in [0.25, 0.3) is 0 Å². The maximum atomic E-state index is 12.2. The Morgan fingerprint density at radius 1 is 1.13 bits per heavy atom. The number of carbonyl (C=O) groups excluding carboxylic acids is 1. The Morgan fingerprint density at radius 2 is 1.83 bits per heavy atom. The SMILES string of the molecule is O=C(CCCCCCC1CSCC[N]1)c1c(Cl)cc(Cl)cc1Cl. The molecular formula is C17H21Cl3NOS. The van der Waals surface area contributed by atoms with E-state index in [2.05, 4.69) is 5.32 Å². The Hall–Kier alpha value is 0.0700. The van der Waals surface area contributed by atoms with Crippen molar-refractivity contribution in [3.8, 4) is 0 Å². The van der Waals surface area contributed by atoms with Gasteiger partial charge in [-0.25, -0.2) is 5.32 Å². The van der Waals surface area contributed by atoms with E-state index in [4.69, 9.17) is 34.8 Å². The van der Waals surface area contributed by atoms with Crippen LogP contribution in [0, 0.1) is 0 Å². The second kappa shape index (κ2) is 10.1. The van der Waals surface area contributed by atoms with Crippen LogP contribution >= 0.6 is 46.6 Å². The van der Waals surface area contributed by atoms with Crippen molar-refractivity contribution in [1.82, 2.24) is 5.32 Å². The Morgan fingerprint density at radius 3 is 2.48 bits per heavy atom. The Labute approximate surface area is 157 Å². The molecule has 0 amide bonds. The predicted octanol–water partition coefficient (Wildman–Crippen LogP) is 5.89. The van der Waals surface area contributed by atoms with Gasteiger partial charge in [-0.2, -0.15) is 11.8 Å². The molecule has 127 valence electrons. The largest absolute Gasteiger partial charge is 0.294 e. The summed E-state index contributed by atoms with van der Waals surface area (Å²) in [6.07, 6.45) is 5.90. The van der Waals surface area contributed by atoms with E-state index < -0.39 is 0 Å². The number of nitrogens with zero attached hydrogens (tertiary/aromatic N) is 1. The van der Waals surface area contributed by atoms with E-state index in [9.17, 15) is 4.79 Å². The number of rotatable bonds is 8. The number of benzene rings is 1. The molecule has 0 aliphatic carbocycles. The zero-order chi connectivity index (χ0) is 16.7. The zero-order valence-corrected chi connectivity index (χ0v) is 16.1. The number of ketones is 1. The Balaban J connectivity index is 1.65. The lowest BCUT2D eigenvalue weighted by molar-refractivity contribution is 0.0979. The van der Waals surface area contributed by atoms with Crippen LogP contribution in [0.2, 0.25) is 15.1 Å². The molecule has 1 aromatic rings. The molecule has 23 heavy (non-hydrogen) atoms. The van der Waals surface area contributed by atoms with Gasteiger partial charge in [0.15, 0.2) is 5.78 Å². The van der Waals surface area contributed by atoms with Crippen LogP contribution in [0.5, 0.6) is 0 Å². The molecule has 2 nitrogen and oxygen atoms in total. The number of Topliss-reactive ketones (excluding diaryl/α,β-unsaturated/α-hetero) is 1. The summed E-state index contributed by atoms with van der Waals surface area (Å²) >= 11 is 20.0. The second-order valence-corrected chi connectivity index (χ2v) is 8.16. The molecule has 1 aromatic carbocycles. The molecule has 2 rings (SSSR count). The van der Waals surface area contributed by atoms with Gasteiger partial charge in [0.1, 0.15) is 0 Å². The van der Waals surface area contributed by atoms with E-state index in [1.165, 1.54) is 24.3 Å². The van der Waals surface area contributed by atoms with Crippen LogP contribution in [-0.2, 0) is 0 Å². The van der Waals surface area contributed by atoms with Crippen LogP contribution < -0.4 is 5.32 Å². The van der Waals surface area contributed by atoms with Crippen molar-refractivity contribution in [2.24, 2.45) is 0 Å². The molecule has 1 aliphatic rings. The normalized spacial score (nSPS) is 18.1. The van der Waals surface area contributed by atoms with Gasteiger partial charge in [0.2, 0.25) is 0 Å². The molecule has 1 heterocycles. The van der Waals surface area contributed by atoms with Crippen molar-refractivity contribution in [1.29, 1.82) is 0 Å². The fourth-order valence-corrected chi connectivity index (χ4v) is 4.67. The van der Waals surface area contributed by atoms with Crippen molar-refractivity contribution in [3.05, 3.63) is 32.8 Å². The van der Waals surface area contributed by atoms with Gasteiger partial charge < -0.3 is 0 Å². The van der Waals surface area contributed by atoms with E-state index in [1.807, 2.05) is 11.8 Å². The predicted molar refractivity (Wildman–Crippen MR) is 102 cm³/mol.